The maximum Gasteiger partial charge on any atom is 0.0627 e. The second kappa shape index (κ2) is 22.0. The van der Waals surface area contributed by atoms with Crippen LogP contribution in [0.1, 0.15) is 34.1 Å². The molecule has 12 nitrogen and oxygen atoms in total. The van der Waals surface area contributed by atoms with E-state index in [-0.39, 0.29) is 58.3 Å². The molecule has 0 saturated heterocycles. The Morgan fingerprint density at radius 2 is 0.606 bits per heavy atom. The van der Waals surface area contributed by atoms with E-state index in [4.69, 9.17) is 61.3 Å². The van der Waals surface area contributed by atoms with Crippen molar-refractivity contribution in [3.63, 3.8) is 0 Å². The average Bonchev–Trinajstić information content (AvgIpc) is 2.88. The van der Waals surface area contributed by atoms with Gasteiger partial charge in [-0.15, -0.1) is 0 Å². The normalized spacial score (nSPS) is 12.0. The summed E-state index contributed by atoms with van der Waals surface area (Å²) in [5.74, 6) is 0. The Kier molecular flexibility index (Phi) is 26.5. The van der Waals surface area contributed by atoms with E-state index in [1.165, 1.54) is 0 Å². The highest BCUT2D eigenvalue weighted by Gasteiger charge is 2.26. The van der Waals surface area contributed by atoms with Crippen LogP contribution in [0.3, 0.4) is 0 Å². The zero-order chi connectivity index (χ0) is 27.2. The van der Waals surface area contributed by atoms with Crippen molar-refractivity contribution < 1.29 is 61.3 Å². The third-order valence-electron chi connectivity index (χ3n) is 5.10. The number of aliphatic hydroxyl groups is 12. The van der Waals surface area contributed by atoms with E-state index in [2.05, 4.69) is 0 Å². The molecule has 0 fully saturated rings. The van der Waals surface area contributed by atoms with Crippen LogP contribution in [0.4, 0.5) is 0 Å². The first-order chi connectivity index (χ1) is 15.3. The topological polar surface area (TPSA) is 243 Å². The smallest absolute Gasteiger partial charge is 0.0627 e. The third-order valence-corrected chi connectivity index (χ3v) is 5.10. The van der Waals surface area contributed by atoms with Crippen LogP contribution in [-0.4, -0.2) is 141 Å². The van der Waals surface area contributed by atoms with E-state index in [9.17, 15) is 0 Å². The molecular formula is C21H50O12. The highest BCUT2D eigenvalue weighted by molar-refractivity contribution is 4.75. The Hall–Kier alpha value is -0.480. The molecule has 0 rings (SSSR count). The van der Waals surface area contributed by atoms with Crippen molar-refractivity contribution in [1.82, 2.24) is 0 Å². The molecule has 0 saturated carbocycles. The summed E-state index contributed by atoms with van der Waals surface area (Å²) < 4.78 is 0. The first-order valence-electron chi connectivity index (χ1n) is 10.6. The van der Waals surface area contributed by atoms with E-state index in [0.29, 0.717) is 6.42 Å². The number of hydrogen-bond acceptors (Lipinski definition) is 12. The van der Waals surface area contributed by atoms with Gasteiger partial charge in [-0.05, 0) is 6.42 Å². The fraction of sp³-hybridized carbons (Fsp3) is 1.00. The van der Waals surface area contributed by atoms with Gasteiger partial charge in [-0.3, -0.25) is 0 Å². The molecule has 33 heavy (non-hydrogen) atoms. The van der Waals surface area contributed by atoms with Gasteiger partial charge in [-0.25, -0.2) is 0 Å². The predicted octanol–water partition coefficient (Wildman–Crippen LogP) is -3.73. The van der Waals surface area contributed by atoms with Gasteiger partial charge in [-0.2, -0.15) is 0 Å². The molecule has 0 aliphatic heterocycles. The second-order valence-corrected chi connectivity index (χ2v) is 9.23. The maximum atomic E-state index is 8.66. The fourth-order valence-electron chi connectivity index (χ4n) is 0.985. The van der Waals surface area contributed by atoms with Crippen molar-refractivity contribution in [2.24, 2.45) is 21.7 Å². The molecule has 0 spiro atoms. The molecule has 0 heterocycles. The summed E-state index contributed by atoms with van der Waals surface area (Å²) in [5, 5.41) is 102. The van der Waals surface area contributed by atoms with Crippen molar-refractivity contribution in [2.45, 2.75) is 34.1 Å². The quantitative estimate of drug-likeness (QED) is 0.118. The number of hydrogen-bond donors (Lipinski definition) is 12. The van der Waals surface area contributed by atoms with Gasteiger partial charge in [-0.1, -0.05) is 27.7 Å². The van der Waals surface area contributed by atoms with Crippen molar-refractivity contribution in [3.05, 3.63) is 0 Å². The lowest BCUT2D eigenvalue weighted by Crippen LogP contribution is -2.37. The molecule has 0 aliphatic carbocycles. The van der Waals surface area contributed by atoms with Gasteiger partial charge in [0.25, 0.3) is 0 Å². The standard InChI is InChI=1S/C6H14O3.C5H12O4.C5H12O3.C5H12O2/c1-2-6(3-7,4-8)5-9;6-1-5(2-7,3-8)4-9;1-5(2-6,3-7)4-8;1-5(2,3-6)4-7/h7-9H,2-5H2,1H3;6-9H,1-4H2;6-8H,2-4H2,1H3;6-7H,3-4H2,1-2H3. The van der Waals surface area contributed by atoms with Gasteiger partial charge < -0.3 is 61.3 Å². The van der Waals surface area contributed by atoms with Gasteiger partial charge >= 0.3 is 0 Å². The lowest BCUT2D eigenvalue weighted by Gasteiger charge is -2.24. The van der Waals surface area contributed by atoms with Crippen LogP contribution < -0.4 is 0 Å². The van der Waals surface area contributed by atoms with Gasteiger partial charge in [0, 0.05) is 16.2 Å². The Morgan fingerprint density at radius 1 is 0.364 bits per heavy atom. The molecule has 0 aliphatic rings. The Balaban J connectivity index is -0.000000171. The molecule has 0 aromatic carbocycles. The molecule has 0 aromatic rings. The van der Waals surface area contributed by atoms with E-state index < -0.39 is 42.7 Å². The summed E-state index contributed by atoms with van der Waals surface area (Å²) in [6.45, 7) is 4.48. The summed E-state index contributed by atoms with van der Waals surface area (Å²) in [4.78, 5) is 0. The summed E-state index contributed by atoms with van der Waals surface area (Å²) in [6, 6.07) is 0. The molecular weight excluding hydrogens is 444 g/mol. The Bertz CT molecular complexity index is 325. The van der Waals surface area contributed by atoms with Crippen molar-refractivity contribution in [2.75, 3.05) is 79.3 Å². The monoisotopic (exact) mass is 494 g/mol. The molecule has 0 atom stereocenters. The molecule has 0 unspecified atom stereocenters. The highest BCUT2D eigenvalue weighted by atomic mass is 16.3. The molecule has 12 heteroatoms. The van der Waals surface area contributed by atoms with Crippen LogP contribution in [0.15, 0.2) is 0 Å². The first-order valence-corrected chi connectivity index (χ1v) is 10.6. The number of aliphatic hydroxyl groups excluding tert-OH is 12. The van der Waals surface area contributed by atoms with E-state index in [1.807, 2.05) is 6.92 Å². The van der Waals surface area contributed by atoms with Crippen molar-refractivity contribution in [3.8, 4) is 0 Å². The van der Waals surface area contributed by atoms with Crippen LogP contribution in [-0.2, 0) is 0 Å². The molecule has 206 valence electrons. The Labute approximate surface area is 197 Å². The molecule has 0 amide bonds. The van der Waals surface area contributed by atoms with E-state index in [1.54, 1.807) is 20.8 Å². The Morgan fingerprint density at radius 3 is 0.606 bits per heavy atom. The molecule has 0 aromatic heterocycles. The van der Waals surface area contributed by atoms with Crippen molar-refractivity contribution in [1.29, 1.82) is 0 Å². The highest BCUT2D eigenvalue weighted by Crippen LogP contribution is 2.18. The van der Waals surface area contributed by atoms with Crippen LogP contribution in [0, 0.1) is 21.7 Å². The lowest BCUT2D eigenvalue weighted by atomic mass is 9.88. The van der Waals surface area contributed by atoms with Crippen molar-refractivity contribution >= 4 is 0 Å². The predicted molar refractivity (Wildman–Crippen MR) is 122 cm³/mol. The van der Waals surface area contributed by atoms with Gasteiger partial charge in [0.1, 0.15) is 0 Å². The van der Waals surface area contributed by atoms with Crippen LogP contribution in [0.5, 0.6) is 0 Å². The van der Waals surface area contributed by atoms with Gasteiger partial charge in [0.05, 0.1) is 84.7 Å². The minimum absolute atomic E-state index is 0.0451. The zero-order valence-corrected chi connectivity index (χ0v) is 20.6. The van der Waals surface area contributed by atoms with Crippen LogP contribution >= 0.6 is 0 Å². The summed E-state index contributed by atoms with van der Waals surface area (Å²) in [6.07, 6.45) is 0.594. The summed E-state index contributed by atoms with van der Waals surface area (Å²) >= 11 is 0. The van der Waals surface area contributed by atoms with Crippen LogP contribution in [0.25, 0.3) is 0 Å². The van der Waals surface area contributed by atoms with Gasteiger partial charge in [0.2, 0.25) is 0 Å². The maximum absolute atomic E-state index is 8.66. The molecule has 12 N–H and O–H groups in total. The van der Waals surface area contributed by atoms with E-state index >= 15 is 0 Å². The fourth-order valence-corrected chi connectivity index (χ4v) is 0.985. The lowest BCUT2D eigenvalue weighted by molar-refractivity contribution is -0.0328. The third kappa shape index (κ3) is 18.5. The average molecular weight is 495 g/mol. The zero-order valence-electron chi connectivity index (χ0n) is 20.6. The minimum atomic E-state index is -1.11. The summed E-state index contributed by atoms with van der Waals surface area (Å²) in [5.41, 5.74) is -2.79. The minimum Gasteiger partial charge on any atom is -0.396 e. The SMILES string of the molecule is CC(C)(CO)CO.CC(CO)(CO)CO.CCC(CO)(CO)CO.OCC(CO)(CO)CO. The largest absolute Gasteiger partial charge is 0.396 e. The van der Waals surface area contributed by atoms with Crippen LogP contribution in [0.2, 0.25) is 0 Å². The van der Waals surface area contributed by atoms with E-state index in [0.717, 1.165) is 0 Å². The molecule has 0 bridgehead atoms. The second-order valence-electron chi connectivity index (χ2n) is 9.23. The number of rotatable bonds is 13. The van der Waals surface area contributed by atoms with Gasteiger partial charge in [0.15, 0.2) is 0 Å². The summed E-state index contributed by atoms with van der Waals surface area (Å²) in [7, 11) is 0. The molecule has 0 radical (unpaired) electrons. The first kappa shape index (κ1) is 39.7.